The van der Waals surface area contributed by atoms with E-state index in [0.29, 0.717) is 0 Å². The lowest BCUT2D eigenvalue weighted by atomic mass is 10.0. The van der Waals surface area contributed by atoms with Crippen molar-refractivity contribution in [1.29, 1.82) is 0 Å². The van der Waals surface area contributed by atoms with E-state index in [-0.39, 0.29) is 6.10 Å². The molecule has 0 aliphatic heterocycles. The van der Waals surface area contributed by atoms with Crippen LogP contribution in [0.5, 0.6) is 0 Å². The number of unbranched alkanes of at least 4 members (excludes halogenated alkanes) is 5. The Morgan fingerprint density at radius 2 is 1.70 bits per heavy atom. The first-order valence-electron chi connectivity index (χ1n) is 8.23. The number of hydrogen-bond donors (Lipinski definition) is 1. The van der Waals surface area contributed by atoms with E-state index in [2.05, 4.69) is 25.9 Å². The van der Waals surface area contributed by atoms with Crippen molar-refractivity contribution in [2.24, 2.45) is 7.05 Å². The van der Waals surface area contributed by atoms with Crippen molar-refractivity contribution in [3.05, 3.63) is 17.0 Å². The highest BCUT2D eigenvalue weighted by Gasteiger charge is 2.11. The summed E-state index contributed by atoms with van der Waals surface area (Å²) in [4.78, 5) is 0. The fourth-order valence-corrected chi connectivity index (χ4v) is 2.79. The molecule has 1 heterocycles. The maximum Gasteiger partial charge on any atom is 0.0628 e. The van der Waals surface area contributed by atoms with Crippen LogP contribution < -0.4 is 0 Å². The molecule has 0 spiro atoms. The second kappa shape index (κ2) is 9.17. The van der Waals surface area contributed by atoms with Crippen LogP contribution in [-0.2, 0) is 13.5 Å². The first kappa shape index (κ1) is 17.2. The molecule has 0 aromatic carbocycles. The van der Waals surface area contributed by atoms with Crippen molar-refractivity contribution >= 4 is 0 Å². The van der Waals surface area contributed by atoms with Crippen LogP contribution in [0.4, 0.5) is 0 Å². The fraction of sp³-hybridized carbons (Fsp3) is 0.824. The van der Waals surface area contributed by atoms with Crippen LogP contribution in [-0.4, -0.2) is 21.0 Å². The van der Waals surface area contributed by atoms with E-state index in [1.807, 2.05) is 11.7 Å². The quantitative estimate of drug-likeness (QED) is 0.656. The Morgan fingerprint density at radius 1 is 1.05 bits per heavy atom. The van der Waals surface area contributed by atoms with Crippen molar-refractivity contribution < 1.29 is 5.11 Å². The molecule has 1 unspecified atom stereocenters. The van der Waals surface area contributed by atoms with Gasteiger partial charge in [0.15, 0.2) is 0 Å². The third-order valence-electron chi connectivity index (χ3n) is 4.28. The molecule has 0 saturated heterocycles. The SMILES string of the molecule is CCCCCCCCC(O)CCc1c(C)nn(C)c1C. The van der Waals surface area contributed by atoms with E-state index in [9.17, 15) is 5.11 Å². The lowest BCUT2D eigenvalue weighted by molar-refractivity contribution is 0.151. The lowest BCUT2D eigenvalue weighted by Gasteiger charge is -2.10. The molecule has 0 bridgehead atoms. The van der Waals surface area contributed by atoms with E-state index in [1.165, 1.54) is 43.4 Å². The van der Waals surface area contributed by atoms with Crippen molar-refractivity contribution in [1.82, 2.24) is 9.78 Å². The summed E-state index contributed by atoms with van der Waals surface area (Å²) in [5.74, 6) is 0. The number of aliphatic hydroxyl groups excluding tert-OH is 1. The minimum atomic E-state index is -0.153. The molecule has 0 aliphatic carbocycles. The Bertz CT molecular complexity index is 385. The summed E-state index contributed by atoms with van der Waals surface area (Å²) in [7, 11) is 1.98. The van der Waals surface area contributed by atoms with Gasteiger partial charge in [0.05, 0.1) is 11.8 Å². The van der Waals surface area contributed by atoms with Gasteiger partial charge in [0.2, 0.25) is 0 Å². The molecule has 1 aromatic rings. The van der Waals surface area contributed by atoms with E-state index in [4.69, 9.17) is 0 Å². The van der Waals surface area contributed by atoms with Crippen LogP contribution in [0.1, 0.15) is 75.2 Å². The van der Waals surface area contributed by atoms with Gasteiger partial charge in [-0.25, -0.2) is 0 Å². The standard InChI is InChI=1S/C17H32N2O/c1-5-6-7-8-9-10-11-16(20)12-13-17-14(2)18-19(4)15(17)3/h16,20H,5-13H2,1-4H3. The second-order valence-electron chi connectivity index (χ2n) is 6.02. The molecule has 0 amide bonds. The summed E-state index contributed by atoms with van der Waals surface area (Å²) >= 11 is 0. The van der Waals surface area contributed by atoms with Crippen LogP contribution in [0, 0.1) is 13.8 Å². The van der Waals surface area contributed by atoms with Crippen molar-refractivity contribution in [3.63, 3.8) is 0 Å². The number of aryl methyl sites for hydroxylation is 2. The highest BCUT2D eigenvalue weighted by Crippen LogP contribution is 2.17. The number of nitrogens with zero attached hydrogens (tertiary/aromatic N) is 2. The Labute approximate surface area is 124 Å². The van der Waals surface area contributed by atoms with Crippen molar-refractivity contribution in [3.8, 4) is 0 Å². The molecule has 3 heteroatoms. The van der Waals surface area contributed by atoms with Crippen LogP contribution in [0.3, 0.4) is 0 Å². The van der Waals surface area contributed by atoms with Gasteiger partial charge in [0.1, 0.15) is 0 Å². The van der Waals surface area contributed by atoms with Gasteiger partial charge in [-0.15, -0.1) is 0 Å². The Balaban J connectivity index is 2.18. The van der Waals surface area contributed by atoms with E-state index < -0.39 is 0 Å². The summed E-state index contributed by atoms with van der Waals surface area (Å²) in [6.45, 7) is 6.41. The fourth-order valence-electron chi connectivity index (χ4n) is 2.79. The van der Waals surface area contributed by atoms with Gasteiger partial charge in [-0.2, -0.15) is 5.10 Å². The molecule has 1 atom stereocenters. The summed E-state index contributed by atoms with van der Waals surface area (Å²) < 4.78 is 1.94. The third kappa shape index (κ3) is 5.66. The molecule has 20 heavy (non-hydrogen) atoms. The number of aromatic nitrogens is 2. The third-order valence-corrected chi connectivity index (χ3v) is 4.28. The number of hydrogen-bond acceptors (Lipinski definition) is 2. The van der Waals surface area contributed by atoms with Gasteiger partial charge in [0, 0.05) is 12.7 Å². The number of aliphatic hydroxyl groups is 1. The average Bonchev–Trinajstić information content (AvgIpc) is 2.65. The smallest absolute Gasteiger partial charge is 0.0628 e. The van der Waals surface area contributed by atoms with Gasteiger partial charge < -0.3 is 5.11 Å². The molecule has 1 N–H and O–H groups in total. The van der Waals surface area contributed by atoms with Crippen LogP contribution in [0.25, 0.3) is 0 Å². The Hall–Kier alpha value is -0.830. The molecule has 3 nitrogen and oxygen atoms in total. The zero-order chi connectivity index (χ0) is 15.0. The van der Waals surface area contributed by atoms with Gasteiger partial charge >= 0.3 is 0 Å². The molecule has 0 fully saturated rings. The summed E-state index contributed by atoms with van der Waals surface area (Å²) in [6, 6.07) is 0. The van der Waals surface area contributed by atoms with Gasteiger partial charge in [-0.3, -0.25) is 4.68 Å². The Morgan fingerprint density at radius 3 is 2.30 bits per heavy atom. The van der Waals surface area contributed by atoms with Crippen LogP contribution >= 0.6 is 0 Å². The van der Waals surface area contributed by atoms with Gasteiger partial charge in [0.25, 0.3) is 0 Å². The van der Waals surface area contributed by atoms with E-state index in [1.54, 1.807) is 0 Å². The molecule has 1 rings (SSSR count). The summed E-state index contributed by atoms with van der Waals surface area (Å²) in [5.41, 5.74) is 3.65. The highest BCUT2D eigenvalue weighted by atomic mass is 16.3. The average molecular weight is 280 g/mol. The molecule has 0 aliphatic rings. The van der Waals surface area contributed by atoms with Gasteiger partial charge in [-0.1, -0.05) is 45.4 Å². The van der Waals surface area contributed by atoms with E-state index in [0.717, 1.165) is 31.4 Å². The van der Waals surface area contributed by atoms with Crippen LogP contribution in [0.15, 0.2) is 0 Å². The first-order valence-corrected chi connectivity index (χ1v) is 8.23. The lowest BCUT2D eigenvalue weighted by Crippen LogP contribution is -2.08. The largest absolute Gasteiger partial charge is 0.393 e. The summed E-state index contributed by atoms with van der Waals surface area (Å²) in [5, 5.41) is 14.5. The predicted molar refractivity (Wildman–Crippen MR) is 85.0 cm³/mol. The highest BCUT2D eigenvalue weighted by molar-refractivity contribution is 5.24. The molecular weight excluding hydrogens is 248 g/mol. The topological polar surface area (TPSA) is 38.1 Å². The van der Waals surface area contributed by atoms with Crippen molar-refractivity contribution in [2.75, 3.05) is 0 Å². The molecule has 0 radical (unpaired) electrons. The molecule has 1 aromatic heterocycles. The Kier molecular flexibility index (Phi) is 7.90. The maximum atomic E-state index is 10.1. The van der Waals surface area contributed by atoms with Crippen molar-refractivity contribution in [2.45, 2.75) is 84.7 Å². The minimum Gasteiger partial charge on any atom is -0.393 e. The molecular formula is C17H32N2O. The second-order valence-corrected chi connectivity index (χ2v) is 6.02. The zero-order valence-corrected chi connectivity index (χ0v) is 13.8. The first-order chi connectivity index (χ1) is 9.56. The maximum absolute atomic E-state index is 10.1. The minimum absolute atomic E-state index is 0.153. The molecule has 0 saturated carbocycles. The van der Waals surface area contributed by atoms with Gasteiger partial charge in [-0.05, 0) is 38.7 Å². The normalized spacial score (nSPS) is 12.8. The predicted octanol–water partition coefficient (Wildman–Crippen LogP) is 4.08. The monoisotopic (exact) mass is 280 g/mol. The van der Waals surface area contributed by atoms with Crippen LogP contribution in [0.2, 0.25) is 0 Å². The van der Waals surface area contributed by atoms with E-state index >= 15 is 0 Å². The molecule has 116 valence electrons. The zero-order valence-electron chi connectivity index (χ0n) is 13.8. The summed E-state index contributed by atoms with van der Waals surface area (Å²) in [6.07, 6.45) is 10.4. The number of rotatable bonds is 10.